The summed E-state index contributed by atoms with van der Waals surface area (Å²) in [7, 11) is 0. The fraction of sp³-hybridized carbons (Fsp3) is 0.316. The van der Waals surface area contributed by atoms with E-state index in [-0.39, 0.29) is 12.4 Å². The summed E-state index contributed by atoms with van der Waals surface area (Å²) in [6.07, 6.45) is 1.29. The molecule has 1 aromatic heterocycles. The van der Waals surface area contributed by atoms with Crippen molar-refractivity contribution in [1.29, 1.82) is 0 Å². The predicted octanol–water partition coefficient (Wildman–Crippen LogP) is 4.06. The van der Waals surface area contributed by atoms with E-state index in [1.807, 2.05) is 24.3 Å². The highest BCUT2D eigenvalue weighted by Gasteiger charge is 2.37. The lowest BCUT2D eigenvalue weighted by Gasteiger charge is -2.27. The van der Waals surface area contributed by atoms with Crippen molar-refractivity contribution in [3.05, 3.63) is 54.1 Å². The van der Waals surface area contributed by atoms with E-state index >= 15 is 0 Å². The van der Waals surface area contributed by atoms with Crippen LogP contribution in [0.15, 0.2) is 48.5 Å². The van der Waals surface area contributed by atoms with Gasteiger partial charge in [-0.15, -0.1) is 12.4 Å². The highest BCUT2D eigenvalue weighted by atomic mass is 35.5. The van der Waals surface area contributed by atoms with Crippen LogP contribution in [-0.4, -0.2) is 35.1 Å². The normalized spacial score (nSPS) is 22.2. The number of fused-ring (bicyclic) bond motifs is 3. The molecule has 2 saturated heterocycles. The average molecular weight is 374 g/mol. The maximum atomic E-state index is 6.01. The van der Waals surface area contributed by atoms with Crippen molar-refractivity contribution < 1.29 is 4.74 Å². The van der Waals surface area contributed by atoms with Gasteiger partial charge in [-0.2, -0.15) is 0 Å². The second-order valence-electron chi connectivity index (χ2n) is 6.62. The Hall–Kier alpha value is -1.66. The Balaban J connectivity index is 0.00000157. The molecule has 0 unspecified atom stereocenters. The molecule has 2 aliphatic rings. The molecule has 3 aromatic rings. The van der Waals surface area contributed by atoms with Crippen LogP contribution in [0.25, 0.3) is 10.2 Å². The number of aromatic nitrogens is 1. The number of para-hydroxylation sites is 1. The van der Waals surface area contributed by atoms with Gasteiger partial charge in [-0.05, 0) is 36.2 Å². The first-order valence-electron chi connectivity index (χ1n) is 8.43. The third-order valence-electron chi connectivity index (χ3n) is 4.93. The summed E-state index contributed by atoms with van der Waals surface area (Å²) in [4.78, 5) is 7.13. The largest absolute Gasteiger partial charge is 0.431 e. The summed E-state index contributed by atoms with van der Waals surface area (Å²) >= 11 is 1.59. The van der Waals surface area contributed by atoms with Crippen LogP contribution in [0.5, 0.6) is 10.9 Å². The van der Waals surface area contributed by atoms with E-state index in [0.717, 1.165) is 35.6 Å². The third kappa shape index (κ3) is 3.37. The van der Waals surface area contributed by atoms with Crippen molar-refractivity contribution in [2.45, 2.75) is 25.0 Å². The van der Waals surface area contributed by atoms with Crippen LogP contribution in [0.2, 0.25) is 0 Å². The Labute approximate surface area is 157 Å². The van der Waals surface area contributed by atoms with Crippen LogP contribution in [0.4, 0.5) is 0 Å². The summed E-state index contributed by atoms with van der Waals surface area (Å²) in [5.41, 5.74) is 2.30. The molecule has 2 atom stereocenters. The lowest BCUT2D eigenvalue weighted by Crippen LogP contribution is -2.42. The summed E-state index contributed by atoms with van der Waals surface area (Å²) < 4.78 is 7.16. The van der Waals surface area contributed by atoms with E-state index in [4.69, 9.17) is 4.74 Å². The molecule has 1 N–H and O–H groups in total. The second kappa shape index (κ2) is 6.92. The Morgan fingerprint density at radius 2 is 2.12 bits per heavy atom. The van der Waals surface area contributed by atoms with Crippen molar-refractivity contribution in [3.63, 3.8) is 0 Å². The minimum absolute atomic E-state index is 0. The molecule has 0 radical (unpaired) electrons. The number of piperazine rings is 1. The first-order chi connectivity index (χ1) is 11.8. The number of hydrogen-bond donors (Lipinski definition) is 1. The Kier molecular flexibility index (Phi) is 4.65. The van der Waals surface area contributed by atoms with Crippen molar-refractivity contribution in [3.8, 4) is 10.9 Å². The zero-order chi connectivity index (χ0) is 15.9. The van der Waals surface area contributed by atoms with Crippen molar-refractivity contribution in [2.75, 3.05) is 13.1 Å². The third-order valence-corrected chi connectivity index (χ3v) is 5.85. The highest BCUT2D eigenvalue weighted by molar-refractivity contribution is 7.20. The summed E-state index contributed by atoms with van der Waals surface area (Å²) in [6, 6.07) is 17.9. The maximum absolute atomic E-state index is 6.01. The molecule has 25 heavy (non-hydrogen) atoms. The van der Waals surface area contributed by atoms with Crippen molar-refractivity contribution in [2.24, 2.45) is 0 Å². The first kappa shape index (κ1) is 16.8. The van der Waals surface area contributed by atoms with Crippen molar-refractivity contribution in [1.82, 2.24) is 15.2 Å². The monoisotopic (exact) mass is 373 g/mol. The molecule has 6 heteroatoms. The second-order valence-corrected chi connectivity index (χ2v) is 7.61. The minimum atomic E-state index is 0. The number of ether oxygens (including phenoxy) is 1. The molecule has 2 bridgehead atoms. The van der Waals surface area contributed by atoms with Gasteiger partial charge in [-0.25, -0.2) is 4.98 Å². The predicted molar refractivity (Wildman–Crippen MR) is 104 cm³/mol. The number of benzene rings is 2. The van der Waals surface area contributed by atoms with Crippen LogP contribution >= 0.6 is 23.7 Å². The van der Waals surface area contributed by atoms with Crippen LogP contribution in [0.1, 0.15) is 12.0 Å². The Morgan fingerprint density at radius 1 is 1.20 bits per heavy atom. The molecule has 3 heterocycles. The van der Waals surface area contributed by atoms with E-state index in [1.165, 1.54) is 12.0 Å². The van der Waals surface area contributed by atoms with Gasteiger partial charge in [0.25, 0.3) is 5.19 Å². The van der Waals surface area contributed by atoms with E-state index < -0.39 is 0 Å². The maximum Gasteiger partial charge on any atom is 0.279 e. The van der Waals surface area contributed by atoms with Gasteiger partial charge in [0.05, 0.1) is 10.2 Å². The van der Waals surface area contributed by atoms with Gasteiger partial charge >= 0.3 is 0 Å². The lowest BCUT2D eigenvalue weighted by atomic mass is 10.2. The van der Waals surface area contributed by atoms with Gasteiger partial charge in [-0.3, -0.25) is 4.90 Å². The molecule has 0 saturated carbocycles. The molecule has 0 spiro atoms. The molecule has 5 rings (SSSR count). The Bertz CT molecular complexity index is 851. The molecule has 4 nitrogen and oxygen atoms in total. The molecular formula is C19H20ClN3OS. The van der Waals surface area contributed by atoms with Crippen LogP contribution in [0, 0.1) is 0 Å². The standard InChI is InChI=1S/C19H19N3OS.ClH/c1-2-7-18-17(6-1)21-19(24-18)23-16-5-3-4-13(8-16)11-22-12-14-9-15(22)10-20-14;/h1-8,14-15,20H,9-12H2;1H/t14-,15+;/m1./s1. The number of nitrogens with zero attached hydrogens (tertiary/aromatic N) is 2. The number of likely N-dealkylation sites (tertiary alicyclic amines) is 1. The molecular weight excluding hydrogens is 354 g/mol. The lowest BCUT2D eigenvalue weighted by molar-refractivity contribution is 0.217. The molecule has 2 fully saturated rings. The van der Waals surface area contributed by atoms with Gasteiger partial charge in [-0.1, -0.05) is 35.6 Å². The topological polar surface area (TPSA) is 37.4 Å². The van der Waals surface area contributed by atoms with Crippen LogP contribution < -0.4 is 10.1 Å². The van der Waals surface area contributed by atoms with Crippen molar-refractivity contribution >= 4 is 34.0 Å². The van der Waals surface area contributed by atoms with Gasteiger partial charge in [0.15, 0.2) is 0 Å². The minimum Gasteiger partial charge on any atom is -0.431 e. The van der Waals surface area contributed by atoms with Gasteiger partial charge < -0.3 is 10.1 Å². The molecule has 0 amide bonds. The summed E-state index contributed by atoms with van der Waals surface area (Å²) in [5.74, 6) is 0.869. The molecule has 0 aliphatic carbocycles. The highest BCUT2D eigenvalue weighted by Crippen LogP contribution is 2.32. The number of hydrogen-bond acceptors (Lipinski definition) is 5. The van der Waals surface area contributed by atoms with E-state index in [9.17, 15) is 0 Å². The Morgan fingerprint density at radius 3 is 2.92 bits per heavy atom. The van der Waals surface area contributed by atoms with E-state index in [1.54, 1.807) is 11.3 Å². The number of rotatable bonds is 4. The fourth-order valence-corrected chi connectivity index (χ4v) is 4.61. The zero-order valence-corrected chi connectivity index (χ0v) is 15.4. The number of nitrogens with one attached hydrogen (secondary N) is 1. The first-order valence-corrected chi connectivity index (χ1v) is 9.25. The SMILES string of the molecule is Cl.c1cc(CN2C[C@H]3C[C@H]2CN3)cc(Oc2nc3ccccc3s2)c1. The summed E-state index contributed by atoms with van der Waals surface area (Å²) in [5, 5.41) is 4.26. The summed E-state index contributed by atoms with van der Waals surface area (Å²) in [6.45, 7) is 3.29. The zero-order valence-electron chi connectivity index (χ0n) is 13.7. The molecule has 130 valence electrons. The smallest absolute Gasteiger partial charge is 0.279 e. The van der Waals surface area contributed by atoms with E-state index in [0.29, 0.717) is 17.3 Å². The van der Waals surface area contributed by atoms with Crippen LogP contribution in [0.3, 0.4) is 0 Å². The molecule has 2 aliphatic heterocycles. The van der Waals surface area contributed by atoms with Gasteiger partial charge in [0, 0.05) is 31.7 Å². The number of thiazole rings is 1. The fourth-order valence-electron chi connectivity index (χ4n) is 3.78. The van der Waals surface area contributed by atoms with Gasteiger partial charge in [0.2, 0.25) is 0 Å². The number of halogens is 1. The van der Waals surface area contributed by atoms with Gasteiger partial charge in [0.1, 0.15) is 5.75 Å². The molecule has 2 aromatic carbocycles. The average Bonchev–Trinajstić information content (AvgIpc) is 3.29. The van der Waals surface area contributed by atoms with E-state index in [2.05, 4.69) is 39.5 Å². The quantitative estimate of drug-likeness (QED) is 0.748. The van der Waals surface area contributed by atoms with Crippen LogP contribution in [-0.2, 0) is 6.54 Å².